The van der Waals surface area contributed by atoms with Gasteiger partial charge in [-0.05, 0) is 79.1 Å². The Kier molecular flexibility index (Phi) is 8.11. The van der Waals surface area contributed by atoms with Gasteiger partial charge in [-0.3, -0.25) is 9.52 Å². The van der Waals surface area contributed by atoms with Gasteiger partial charge < -0.3 is 10.1 Å². The highest BCUT2D eigenvalue weighted by molar-refractivity contribution is 9.10. The number of rotatable bonds is 8. The molecule has 1 amide bonds. The van der Waals surface area contributed by atoms with Crippen LogP contribution < -0.4 is 14.8 Å². The zero-order chi connectivity index (χ0) is 25.8. The van der Waals surface area contributed by atoms with Crippen LogP contribution in [0.3, 0.4) is 0 Å². The van der Waals surface area contributed by atoms with Crippen LogP contribution in [0.25, 0.3) is 0 Å². The molecule has 0 spiro atoms. The fourth-order valence-corrected chi connectivity index (χ4v) is 4.95. The van der Waals surface area contributed by atoms with Crippen molar-refractivity contribution in [2.45, 2.75) is 31.3 Å². The lowest BCUT2D eigenvalue weighted by molar-refractivity contribution is -0.137. The molecule has 0 aromatic heterocycles. The van der Waals surface area contributed by atoms with E-state index in [1.807, 2.05) is 26.0 Å². The summed E-state index contributed by atoms with van der Waals surface area (Å²) in [4.78, 5) is 12.2. The number of carbonyl (C=O) groups excluding carboxylic acids is 1. The topological polar surface area (TPSA) is 84.5 Å². The smallest absolute Gasteiger partial charge is 0.416 e. The Hall–Kier alpha value is -3.05. The molecule has 0 saturated heterocycles. The second-order valence-electron chi connectivity index (χ2n) is 7.60. The van der Waals surface area contributed by atoms with E-state index in [0.717, 1.165) is 34.2 Å². The Morgan fingerprint density at radius 1 is 1.06 bits per heavy atom. The molecular weight excluding hydrogens is 549 g/mol. The van der Waals surface area contributed by atoms with Crippen molar-refractivity contribution >= 4 is 43.2 Å². The molecule has 3 aromatic rings. The number of aryl methyl sites for hydroxylation is 2. The van der Waals surface area contributed by atoms with E-state index in [2.05, 4.69) is 26.0 Å². The molecule has 35 heavy (non-hydrogen) atoms. The summed E-state index contributed by atoms with van der Waals surface area (Å²) in [5.41, 5.74) is 1.39. The molecule has 0 atom stereocenters. The SMILES string of the molecule is CCc1cc(Br)cc(C)c1NC(=O)COc1ccc(S(=O)(=O)Nc2cccc(C(F)(F)F)c2)cc1. The highest BCUT2D eigenvalue weighted by Gasteiger charge is 2.30. The molecule has 0 unspecified atom stereocenters. The third-order valence-corrected chi connectivity index (χ3v) is 6.83. The summed E-state index contributed by atoms with van der Waals surface area (Å²) in [6.07, 6.45) is -3.87. The maximum Gasteiger partial charge on any atom is 0.416 e. The summed E-state index contributed by atoms with van der Waals surface area (Å²) in [6, 6.07) is 12.9. The second-order valence-corrected chi connectivity index (χ2v) is 10.2. The fourth-order valence-electron chi connectivity index (χ4n) is 3.28. The molecule has 0 bridgehead atoms. The molecule has 0 radical (unpaired) electrons. The van der Waals surface area contributed by atoms with Gasteiger partial charge in [0.1, 0.15) is 5.75 Å². The van der Waals surface area contributed by atoms with Crippen molar-refractivity contribution < 1.29 is 31.1 Å². The number of anilines is 2. The third-order valence-electron chi connectivity index (χ3n) is 4.97. The number of ether oxygens (including phenoxy) is 1. The summed E-state index contributed by atoms with van der Waals surface area (Å²) in [5, 5.41) is 2.83. The quantitative estimate of drug-likeness (QED) is 0.340. The Labute approximate surface area is 209 Å². The fraction of sp³-hybridized carbons (Fsp3) is 0.208. The first-order chi connectivity index (χ1) is 16.4. The van der Waals surface area contributed by atoms with Gasteiger partial charge in [0.05, 0.1) is 10.5 Å². The van der Waals surface area contributed by atoms with E-state index in [9.17, 15) is 26.4 Å². The molecule has 3 aromatic carbocycles. The standard InChI is InChI=1S/C24H22BrF3N2O4S/c1-3-16-12-18(25)11-15(2)23(16)29-22(31)14-34-20-7-9-21(10-8-20)35(32,33)30-19-6-4-5-17(13-19)24(26,27)28/h4-13,30H,3,14H2,1-2H3,(H,29,31). The van der Waals surface area contributed by atoms with Crippen molar-refractivity contribution in [1.29, 1.82) is 0 Å². The van der Waals surface area contributed by atoms with E-state index in [-0.39, 0.29) is 28.8 Å². The van der Waals surface area contributed by atoms with Crippen LogP contribution >= 0.6 is 15.9 Å². The Bertz CT molecular complexity index is 1330. The molecule has 2 N–H and O–H groups in total. The highest BCUT2D eigenvalue weighted by atomic mass is 79.9. The Balaban J connectivity index is 1.64. The van der Waals surface area contributed by atoms with Crippen LogP contribution in [-0.4, -0.2) is 20.9 Å². The molecule has 186 valence electrons. The minimum Gasteiger partial charge on any atom is -0.484 e. The molecule has 0 fully saturated rings. The number of hydrogen-bond acceptors (Lipinski definition) is 4. The molecule has 0 heterocycles. The van der Waals surface area contributed by atoms with Gasteiger partial charge in [0.25, 0.3) is 15.9 Å². The maximum atomic E-state index is 12.9. The van der Waals surface area contributed by atoms with E-state index in [4.69, 9.17) is 4.74 Å². The molecule has 11 heteroatoms. The largest absolute Gasteiger partial charge is 0.484 e. The highest BCUT2D eigenvalue weighted by Crippen LogP contribution is 2.31. The van der Waals surface area contributed by atoms with E-state index in [1.54, 1.807) is 0 Å². The van der Waals surface area contributed by atoms with Crippen molar-refractivity contribution in [3.63, 3.8) is 0 Å². The lowest BCUT2D eigenvalue weighted by Gasteiger charge is -2.14. The molecule has 6 nitrogen and oxygen atoms in total. The van der Waals surface area contributed by atoms with Crippen molar-refractivity contribution in [2.24, 2.45) is 0 Å². The van der Waals surface area contributed by atoms with Gasteiger partial charge in [-0.2, -0.15) is 13.2 Å². The molecule has 0 aliphatic heterocycles. The molecule has 3 rings (SSSR count). The van der Waals surface area contributed by atoms with E-state index >= 15 is 0 Å². The minimum atomic E-state index is -4.60. The van der Waals surface area contributed by atoms with Gasteiger partial charge in [0, 0.05) is 15.8 Å². The van der Waals surface area contributed by atoms with Crippen LogP contribution in [0.4, 0.5) is 24.5 Å². The van der Waals surface area contributed by atoms with E-state index < -0.39 is 21.8 Å². The Morgan fingerprint density at radius 3 is 2.37 bits per heavy atom. The first-order valence-electron chi connectivity index (χ1n) is 10.4. The van der Waals surface area contributed by atoms with E-state index in [0.29, 0.717) is 11.8 Å². The number of benzene rings is 3. The van der Waals surface area contributed by atoms with Gasteiger partial charge in [0.2, 0.25) is 0 Å². The van der Waals surface area contributed by atoms with Crippen molar-refractivity contribution in [3.05, 3.63) is 81.8 Å². The summed E-state index contributed by atoms with van der Waals surface area (Å²) < 4.78 is 72.2. The van der Waals surface area contributed by atoms with Gasteiger partial charge >= 0.3 is 6.18 Å². The van der Waals surface area contributed by atoms with Gasteiger partial charge in [0.15, 0.2) is 6.61 Å². The first kappa shape index (κ1) is 26.6. The number of carbonyl (C=O) groups is 1. The number of nitrogens with one attached hydrogen (secondary N) is 2. The average molecular weight is 571 g/mol. The van der Waals surface area contributed by atoms with Crippen molar-refractivity contribution in [3.8, 4) is 5.75 Å². The normalized spacial score (nSPS) is 11.7. The van der Waals surface area contributed by atoms with Crippen molar-refractivity contribution in [2.75, 3.05) is 16.6 Å². The molecule has 0 aliphatic carbocycles. The summed E-state index contributed by atoms with van der Waals surface area (Å²) in [5.74, 6) is -0.130. The minimum absolute atomic E-state index is 0.176. The van der Waals surface area contributed by atoms with Crippen molar-refractivity contribution in [1.82, 2.24) is 0 Å². The molecule has 0 saturated carbocycles. The zero-order valence-electron chi connectivity index (χ0n) is 18.7. The lowest BCUT2D eigenvalue weighted by atomic mass is 10.1. The number of halogens is 4. The number of alkyl halides is 3. The molecule has 0 aliphatic rings. The predicted molar refractivity (Wildman–Crippen MR) is 131 cm³/mol. The van der Waals surface area contributed by atoms with Crippen LogP contribution in [0.15, 0.2) is 70.0 Å². The monoisotopic (exact) mass is 570 g/mol. The molecular formula is C24H22BrF3N2O4S. The van der Waals surface area contributed by atoms with Crippen LogP contribution in [0.5, 0.6) is 5.75 Å². The number of sulfonamides is 1. The first-order valence-corrected chi connectivity index (χ1v) is 12.7. The van der Waals surface area contributed by atoms with Gasteiger partial charge in [-0.1, -0.05) is 28.9 Å². The Morgan fingerprint density at radius 2 is 1.74 bits per heavy atom. The van der Waals surface area contributed by atoms with Gasteiger partial charge in [-0.25, -0.2) is 8.42 Å². The maximum absolute atomic E-state index is 12.9. The third kappa shape index (κ3) is 6.98. The average Bonchev–Trinajstić information content (AvgIpc) is 2.79. The lowest BCUT2D eigenvalue weighted by Crippen LogP contribution is -2.21. The zero-order valence-corrected chi connectivity index (χ0v) is 21.1. The van der Waals surface area contributed by atoms with Crippen LogP contribution in [-0.2, 0) is 27.4 Å². The summed E-state index contributed by atoms with van der Waals surface area (Å²) in [6.45, 7) is 3.56. The van der Waals surface area contributed by atoms with E-state index in [1.165, 1.54) is 30.3 Å². The van der Waals surface area contributed by atoms with Gasteiger partial charge in [-0.15, -0.1) is 0 Å². The second kappa shape index (κ2) is 10.7. The van der Waals surface area contributed by atoms with Crippen LogP contribution in [0.1, 0.15) is 23.6 Å². The number of amides is 1. The number of hydrogen-bond donors (Lipinski definition) is 2. The summed E-state index contributed by atoms with van der Waals surface area (Å²) in [7, 11) is -4.14. The van der Waals surface area contributed by atoms with Crippen LogP contribution in [0, 0.1) is 6.92 Å². The summed E-state index contributed by atoms with van der Waals surface area (Å²) >= 11 is 3.43. The predicted octanol–water partition coefficient (Wildman–Crippen LogP) is 6.16. The van der Waals surface area contributed by atoms with Crippen LogP contribution in [0.2, 0.25) is 0 Å².